The molecule has 3 nitrogen and oxygen atoms in total. The number of hydrogen-bond donors (Lipinski definition) is 1. The highest BCUT2D eigenvalue weighted by Crippen LogP contribution is 2.51. The molecule has 33 heavy (non-hydrogen) atoms. The Labute approximate surface area is 195 Å². The van der Waals surface area contributed by atoms with Gasteiger partial charge in [0, 0.05) is 33.9 Å². The predicted molar refractivity (Wildman–Crippen MR) is 139 cm³/mol. The highest BCUT2D eigenvalue weighted by Gasteiger charge is 2.36. The zero-order valence-electron chi connectivity index (χ0n) is 18.2. The molecule has 0 bridgehead atoms. The summed E-state index contributed by atoms with van der Waals surface area (Å²) in [7, 11) is -3.21. The minimum Gasteiger partial charge on any atom is -0.398 e. The second-order valence-electron chi connectivity index (χ2n) is 7.88. The number of hydrogen-bond acceptors (Lipinski definition) is 3. The van der Waals surface area contributed by atoms with Gasteiger partial charge < -0.3 is 10.3 Å². The minimum atomic E-state index is -3.21. The van der Waals surface area contributed by atoms with Gasteiger partial charge in [0.25, 0.3) is 0 Å². The highest BCUT2D eigenvalue weighted by atomic mass is 31.2. The molecule has 0 heterocycles. The molecule has 4 rings (SSSR count). The van der Waals surface area contributed by atoms with Crippen LogP contribution < -0.4 is 16.3 Å². The van der Waals surface area contributed by atoms with E-state index in [2.05, 4.69) is 0 Å². The molecule has 0 radical (unpaired) electrons. The largest absolute Gasteiger partial charge is 0.398 e. The lowest BCUT2D eigenvalue weighted by Gasteiger charge is -2.26. The fourth-order valence-electron chi connectivity index (χ4n) is 3.99. The quantitative estimate of drug-likeness (QED) is 0.205. The Morgan fingerprint density at radius 1 is 0.727 bits per heavy atom. The average Bonchev–Trinajstić information content (AvgIpc) is 2.88. The molecule has 4 aromatic carbocycles. The fraction of sp³-hybridized carbons (Fsp3) is 0.0690. The van der Waals surface area contributed by atoms with E-state index in [0.29, 0.717) is 11.3 Å². The zero-order chi connectivity index (χ0) is 23.1. The van der Waals surface area contributed by atoms with Crippen molar-refractivity contribution in [3.63, 3.8) is 0 Å². The van der Waals surface area contributed by atoms with Gasteiger partial charge >= 0.3 is 0 Å². The number of benzene rings is 4. The number of nitrogen functional groups attached to an aromatic ring is 1. The number of anilines is 1. The lowest BCUT2D eigenvalue weighted by atomic mass is 10.0. The third-order valence-electron chi connectivity index (χ3n) is 5.71. The van der Waals surface area contributed by atoms with Crippen molar-refractivity contribution >= 4 is 35.3 Å². The van der Waals surface area contributed by atoms with Crippen LogP contribution in [-0.4, -0.2) is 11.4 Å². The molecule has 2 N–H and O–H groups in total. The summed E-state index contributed by atoms with van der Waals surface area (Å²) in [5.74, 6) is -0.122. The van der Waals surface area contributed by atoms with Gasteiger partial charge in [-0.3, -0.25) is 4.79 Å². The number of nitrogens with two attached hydrogens (primary N) is 1. The number of para-hydroxylation sites is 1. The summed E-state index contributed by atoms with van der Waals surface area (Å²) >= 11 is 0. The molecule has 0 aliphatic rings. The summed E-state index contributed by atoms with van der Waals surface area (Å²) in [6.45, 7) is 0. The molecule has 0 fully saturated rings. The van der Waals surface area contributed by atoms with Crippen molar-refractivity contribution in [2.24, 2.45) is 0 Å². The first-order valence-corrected chi connectivity index (χ1v) is 12.7. The molecule has 0 aliphatic carbocycles. The van der Waals surface area contributed by atoms with Crippen LogP contribution in [0.4, 0.5) is 5.69 Å². The van der Waals surface area contributed by atoms with Crippen molar-refractivity contribution in [2.45, 2.75) is 12.1 Å². The first kappa shape index (κ1) is 22.5. The Balaban J connectivity index is 1.83. The van der Waals surface area contributed by atoms with Gasteiger partial charge in [-0.15, -0.1) is 0 Å². The second-order valence-corrected chi connectivity index (χ2v) is 10.9. The summed E-state index contributed by atoms with van der Waals surface area (Å²) < 4.78 is 15.0. The van der Waals surface area contributed by atoms with Gasteiger partial charge in [0.05, 0.1) is 0 Å². The van der Waals surface area contributed by atoms with Gasteiger partial charge in [-0.25, -0.2) is 0 Å². The molecule has 0 saturated heterocycles. The van der Waals surface area contributed by atoms with Crippen LogP contribution in [0.2, 0.25) is 0 Å². The van der Waals surface area contributed by atoms with Crippen LogP contribution in [0.5, 0.6) is 0 Å². The Kier molecular flexibility index (Phi) is 7.02. The smallest absolute Gasteiger partial charge is 0.166 e. The molecular formula is C29H26NO2P. The van der Waals surface area contributed by atoms with E-state index in [1.807, 2.05) is 103 Å². The van der Waals surface area contributed by atoms with E-state index in [-0.39, 0.29) is 12.2 Å². The molecule has 0 saturated carbocycles. The lowest BCUT2D eigenvalue weighted by molar-refractivity contribution is 0.0985. The lowest BCUT2D eigenvalue weighted by Crippen LogP contribution is -2.27. The fourth-order valence-corrected chi connectivity index (χ4v) is 7.03. The second kappa shape index (κ2) is 10.3. The minimum absolute atomic E-state index is 0.0820. The molecule has 0 spiro atoms. The van der Waals surface area contributed by atoms with Crippen LogP contribution in [0, 0.1) is 0 Å². The number of rotatable bonds is 8. The van der Waals surface area contributed by atoms with Gasteiger partial charge in [-0.1, -0.05) is 115 Å². The van der Waals surface area contributed by atoms with Crippen LogP contribution >= 0.6 is 7.14 Å². The standard InChI is InChI=1S/C29H26NO2P/c30-28-19-11-10-18-27(28)29(31)22-26(21-20-23-12-4-1-5-13-23)33(32,24-14-6-2-7-15-24)25-16-8-3-9-17-25/h1-21,26H,22,30H2/b21-20+/t26-/m1/s1. The molecule has 1 atom stereocenters. The molecule has 0 unspecified atom stereocenters. The van der Waals surface area contributed by atoms with Crippen molar-refractivity contribution in [1.29, 1.82) is 0 Å². The van der Waals surface area contributed by atoms with E-state index < -0.39 is 12.8 Å². The summed E-state index contributed by atoms with van der Waals surface area (Å²) in [5, 5.41) is 1.46. The van der Waals surface area contributed by atoms with Gasteiger partial charge in [-0.05, 0) is 17.7 Å². The van der Waals surface area contributed by atoms with Gasteiger partial charge in [0.2, 0.25) is 0 Å². The van der Waals surface area contributed by atoms with E-state index in [9.17, 15) is 9.36 Å². The van der Waals surface area contributed by atoms with E-state index in [1.165, 1.54) is 0 Å². The third-order valence-corrected chi connectivity index (χ3v) is 9.13. The average molecular weight is 452 g/mol. The molecule has 0 aliphatic heterocycles. The van der Waals surface area contributed by atoms with Crippen LogP contribution in [0.25, 0.3) is 6.08 Å². The number of allylic oxidation sites excluding steroid dienone is 1. The first-order chi connectivity index (χ1) is 16.1. The Bertz CT molecular complexity index is 1240. The molecule has 4 heteroatoms. The number of carbonyl (C=O) groups excluding carboxylic acids is 1. The molecule has 0 amide bonds. The summed E-state index contributed by atoms with van der Waals surface area (Å²) in [4.78, 5) is 13.4. The third kappa shape index (κ3) is 5.05. The molecule has 164 valence electrons. The zero-order valence-corrected chi connectivity index (χ0v) is 19.1. The summed E-state index contributed by atoms with van der Waals surface area (Å²) in [5.41, 5.74) is 7.43. The highest BCUT2D eigenvalue weighted by molar-refractivity contribution is 7.79. The van der Waals surface area contributed by atoms with Crippen molar-refractivity contribution in [1.82, 2.24) is 0 Å². The molecule has 4 aromatic rings. The Morgan fingerprint density at radius 2 is 1.21 bits per heavy atom. The van der Waals surface area contributed by atoms with E-state index in [4.69, 9.17) is 5.73 Å². The SMILES string of the molecule is Nc1ccccc1C(=O)C[C@@H](/C=C/c1ccccc1)P(=O)(c1ccccc1)c1ccccc1. The predicted octanol–water partition coefficient (Wildman–Crippen LogP) is 5.94. The Hall–Kier alpha value is -3.68. The van der Waals surface area contributed by atoms with Crippen molar-refractivity contribution in [3.05, 3.63) is 132 Å². The monoisotopic (exact) mass is 451 g/mol. The first-order valence-electron chi connectivity index (χ1n) is 10.9. The van der Waals surface area contributed by atoms with E-state index in [1.54, 1.807) is 24.3 Å². The molecule has 0 aromatic heterocycles. The van der Waals surface area contributed by atoms with Crippen LogP contribution in [0.1, 0.15) is 22.3 Å². The number of Topliss-reactive ketones (excluding diaryl/α,β-unsaturated/α-hetero) is 1. The van der Waals surface area contributed by atoms with Gasteiger partial charge in [0.15, 0.2) is 5.78 Å². The van der Waals surface area contributed by atoms with Crippen LogP contribution in [-0.2, 0) is 4.57 Å². The van der Waals surface area contributed by atoms with Gasteiger partial charge in [0.1, 0.15) is 7.14 Å². The van der Waals surface area contributed by atoms with E-state index >= 15 is 0 Å². The van der Waals surface area contributed by atoms with Crippen LogP contribution in [0.15, 0.2) is 121 Å². The molecular weight excluding hydrogens is 425 g/mol. The topological polar surface area (TPSA) is 60.2 Å². The normalized spacial score (nSPS) is 12.5. The summed E-state index contributed by atoms with van der Waals surface area (Å²) in [6, 6.07) is 35.8. The van der Waals surface area contributed by atoms with Gasteiger partial charge in [-0.2, -0.15) is 0 Å². The number of ketones is 1. The Morgan fingerprint density at radius 3 is 1.76 bits per heavy atom. The maximum absolute atomic E-state index is 15.0. The van der Waals surface area contributed by atoms with E-state index in [0.717, 1.165) is 16.2 Å². The maximum atomic E-state index is 15.0. The van der Waals surface area contributed by atoms with Crippen molar-refractivity contribution in [3.8, 4) is 0 Å². The summed E-state index contributed by atoms with van der Waals surface area (Å²) in [6.07, 6.45) is 3.95. The number of carbonyl (C=O) groups is 1. The van der Waals surface area contributed by atoms with Crippen molar-refractivity contribution < 1.29 is 9.36 Å². The van der Waals surface area contributed by atoms with Crippen LogP contribution in [0.3, 0.4) is 0 Å². The van der Waals surface area contributed by atoms with Crippen molar-refractivity contribution in [2.75, 3.05) is 5.73 Å². The maximum Gasteiger partial charge on any atom is 0.166 e.